The first-order valence-corrected chi connectivity index (χ1v) is 7.81. The van der Waals surface area contributed by atoms with Gasteiger partial charge in [0, 0.05) is 5.56 Å². The Morgan fingerprint density at radius 2 is 1.83 bits per heavy atom. The van der Waals surface area contributed by atoms with Crippen LogP contribution in [0.2, 0.25) is 0 Å². The number of carbonyl (C=O) groups excluding carboxylic acids is 1. The van der Waals surface area contributed by atoms with Gasteiger partial charge in [0.25, 0.3) is 0 Å². The van der Waals surface area contributed by atoms with Crippen LogP contribution >= 0.6 is 0 Å². The average Bonchev–Trinajstić information content (AvgIpc) is 2.42. The van der Waals surface area contributed by atoms with E-state index in [0.717, 1.165) is 16.7 Å². The van der Waals surface area contributed by atoms with Crippen LogP contribution in [0.25, 0.3) is 0 Å². The van der Waals surface area contributed by atoms with E-state index in [0.29, 0.717) is 0 Å². The summed E-state index contributed by atoms with van der Waals surface area (Å²) in [6.45, 7) is 16.3. The lowest BCUT2D eigenvalue weighted by Crippen LogP contribution is -2.24. The number of ether oxygens (including phenoxy) is 1. The molecule has 0 saturated heterocycles. The summed E-state index contributed by atoms with van der Waals surface area (Å²) in [6.07, 6.45) is 1.19. The standard InChI is InChI=1S/C19H29NO3/c1-8-16(21)20-12-23-11-13-9-14(18(2,3)4)10-15(17(13)22)19(5,6)7/h8-10,22H,1,11-12H2,2-7H3,(H,20,21). The van der Waals surface area contributed by atoms with E-state index in [1.807, 2.05) is 6.07 Å². The van der Waals surface area contributed by atoms with Crippen molar-refractivity contribution in [2.75, 3.05) is 6.73 Å². The molecule has 0 aliphatic rings. The highest BCUT2D eigenvalue weighted by Gasteiger charge is 2.24. The summed E-state index contributed by atoms with van der Waals surface area (Å²) in [6, 6.07) is 4.04. The maximum absolute atomic E-state index is 11.1. The molecule has 4 nitrogen and oxygen atoms in total. The van der Waals surface area contributed by atoms with Crippen LogP contribution in [0.3, 0.4) is 0 Å². The molecule has 1 aromatic rings. The molecule has 4 heteroatoms. The number of rotatable bonds is 5. The second-order valence-electron chi connectivity index (χ2n) is 7.77. The van der Waals surface area contributed by atoms with Gasteiger partial charge in [-0.3, -0.25) is 4.79 Å². The molecule has 128 valence electrons. The number of hydrogen-bond acceptors (Lipinski definition) is 3. The van der Waals surface area contributed by atoms with Gasteiger partial charge in [-0.1, -0.05) is 54.2 Å². The first kappa shape index (κ1) is 19.2. The van der Waals surface area contributed by atoms with Gasteiger partial charge in [-0.05, 0) is 34.1 Å². The number of hydrogen-bond donors (Lipinski definition) is 2. The lowest BCUT2D eigenvalue weighted by atomic mass is 9.79. The number of carbonyl (C=O) groups is 1. The van der Waals surface area contributed by atoms with Crippen LogP contribution in [0.1, 0.15) is 58.2 Å². The van der Waals surface area contributed by atoms with E-state index in [-0.39, 0.29) is 35.8 Å². The third-order valence-corrected chi connectivity index (χ3v) is 3.65. The molecule has 0 aliphatic heterocycles. The molecule has 0 unspecified atom stereocenters. The van der Waals surface area contributed by atoms with E-state index in [2.05, 4.69) is 59.5 Å². The molecule has 0 atom stereocenters. The summed E-state index contributed by atoms with van der Waals surface area (Å²) < 4.78 is 5.47. The molecule has 0 aromatic heterocycles. The van der Waals surface area contributed by atoms with Crippen LogP contribution in [0.15, 0.2) is 24.8 Å². The van der Waals surface area contributed by atoms with Gasteiger partial charge >= 0.3 is 0 Å². The molecule has 0 fully saturated rings. The summed E-state index contributed by atoms with van der Waals surface area (Å²) in [5.41, 5.74) is 2.58. The highest BCUT2D eigenvalue weighted by Crippen LogP contribution is 2.37. The van der Waals surface area contributed by atoms with Crippen LogP contribution in [0.5, 0.6) is 5.75 Å². The van der Waals surface area contributed by atoms with Gasteiger partial charge in [0.2, 0.25) is 5.91 Å². The smallest absolute Gasteiger partial charge is 0.245 e. The third kappa shape index (κ3) is 5.39. The van der Waals surface area contributed by atoms with Crippen molar-refractivity contribution in [2.24, 2.45) is 0 Å². The van der Waals surface area contributed by atoms with Gasteiger partial charge < -0.3 is 15.2 Å². The lowest BCUT2D eigenvalue weighted by Gasteiger charge is -2.27. The number of benzene rings is 1. The molecule has 23 heavy (non-hydrogen) atoms. The normalized spacial score (nSPS) is 12.1. The van der Waals surface area contributed by atoms with Crippen LogP contribution in [0, 0.1) is 0 Å². The molecular weight excluding hydrogens is 290 g/mol. The third-order valence-electron chi connectivity index (χ3n) is 3.65. The Labute approximate surface area is 139 Å². The fourth-order valence-electron chi connectivity index (χ4n) is 2.16. The van der Waals surface area contributed by atoms with E-state index in [1.165, 1.54) is 6.08 Å². The minimum Gasteiger partial charge on any atom is -0.507 e. The predicted octanol–water partition coefficient (Wildman–Crippen LogP) is 3.76. The minimum atomic E-state index is -0.284. The van der Waals surface area contributed by atoms with E-state index >= 15 is 0 Å². The first-order valence-electron chi connectivity index (χ1n) is 7.81. The quantitative estimate of drug-likeness (QED) is 0.493. The second-order valence-corrected chi connectivity index (χ2v) is 7.77. The fraction of sp³-hybridized carbons (Fsp3) is 0.526. The van der Waals surface area contributed by atoms with Gasteiger partial charge in [-0.25, -0.2) is 0 Å². The van der Waals surface area contributed by atoms with Crippen molar-refractivity contribution in [3.63, 3.8) is 0 Å². The fourth-order valence-corrected chi connectivity index (χ4v) is 2.16. The van der Waals surface area contributed by atoms with Gasteiger partial charge in [0.05, 0.1) is 6.61 Å². The lowest BCUT2D eigenvalue weighted by molar-refractivity contribution is -0.118. The van der Waals surface area contributed by atoms with Crippen molar-refractivity contribution in [1.29, 1.82) is 0 Å². The number of amides is 1. The highest BCUT2D eigenvalue weighted by molar-refractivity contribution is 5.86. The molecule has 0 heterocycles. The average molecular weight is 319 g/mol. The van der Waals surface area contributed by atoms with Gasteiger partial charge in [0.15, 0.2) is 0 Å². The molecule has 0 spiro atoms. The predicted molar refractivity (Wildman–Crippen MR) is 93.5 cm³/mol. The summed E-state index contributed by atoms with van der Waals surface area (Å²) in [7, 11) is 0. The summed E-state index contributed by atoms with van der Waals surface area (Å²) in [5, 5.41) is 13.1. The van der Waals surface area contributed by atoms with E-state index < -0.39 is 0 Å². The zero-order chi connectivity index (χ0) is 17.8. The number of phenols is 1. The topological polar surface area (TPSA) is 58.6 Å². The van der Waals surface area contributed by atoms with Crippen molar-refractivity contribution in [3.05, 3.63) is 41.5 Å². The van der Waals surface area contributed by atoms with Gasteiger partial charge in [0.1, 0.15) is 12.5 Å². The number of aromatic hydroxyl groups is 1. The van der Waals surface area contributed by atoms with Crippen molar-refractivity contribution in [1.82, 2.24) is 5.32 Å². The van der Waals surface area contributed by atoms with Crippen molar-refractivity contribution < 1.29 is 14.6 Å². The Morgan fingerprint density at radius 3 is 2.30 bits per heavy atom. The SMILES string of the molecule is C=CC(=O)NCOCc1cc(C(C)(C)C)cc(C(C)(C)C)c1O. The zero-order valence-corrected chi connectivity index (χ0v) is 15.1. The summed E-state index contributed by atoms with van der Waals surface area (Å²) in [5.74, 6) is -0.0198. The zero-order valence-electron chi connectivity index (χ0n) is 15.1. The minimum absolute atomic E-state index is 0.0283. The highest BCUT2D eigenvalue weighted by atomic mass is 16.5. The monoisotopic (exact) mass is 319 g/mol. The maximum atomic E-state index is 11.1. The van der Waals surface area contributed by atoms with Crippen molar-refractivity contribution in [2.45, 2.75) is 59.0 Å². The van der Waals surface area contributed by atoms with Crippen LogP contribution in [-0.4, -0.2) is 17.7 Å². The van der Waals surface area contributed by atoms with Crippen molar-refractivity contribution >= 4 is 5.91 Å². The molecule has 0 saturated carbocycles. The summed E-state index contributed by atoms with van der Waals surface area (Å²) in [4.78, 5) is 11.1. The molecule has 0 bridgehead atoms. The largest absolute Gasteiger partial charge is 0.507 e. The second kappa shape index (κ2) is 7.18. The van der Waals surface area contributed by atoms with Gasteiger partial charge in [-0.2, -0.15) is 0 Å². The Kier molecular flexibility index (Phi) is 6.00. The summed E-state index contributed by atoms with van der Waals surface area (Å²) >= 11 is 0. The molecule has 0 aliphatic carbocycles. The Hall–Kier alpha value is -1.81. The van der Waals surface area contributed by atoms with E-state index in [9.17, 15) is 9.90 Å². The number of nitrogens with one attached hydrogen (secondary N) is 1. The van der Waals surface area contributed by atoms with Crippen molar-refractivity contribution in [3.8, 4) is 5.75 Å². The molecular formula is C19H29NO3. The number of phenolic OH excluding ortho intramolecular Hbond substituents is 1. The van der Waals surface area contributed by atoms with E-state index in [4.69, 9.17) is 4.74 Å². The molecule has 1 aromatic carbocycles. The van der Waals surface area contributed by atoms with Crippen LogP contribution < -0.4 is 5.32 Å². The Balaban J connectivity index is 3.06. The molecule has 1 amide bonds. The maximum Gasteiger partial charge on any atom is 0.245 e. The molecule has 2 N–H and O–H groups in total. The molecule has 1 rings (SSSR count). The van der Waals surface area contributed by atoms with Crippen LogP contribution in [-0.2, 0) is 27.0 Å². The van der Waals surface area contributed by atoms with E-state index in [1.54, 1.807) is 0 Å². The molecule has 0 radical (unpaired) electrons. The first-order chi connectivity index (χ1) is 10.5. The Morgan fingerprint density at radius 1 is 1.22 bits per heavy atom. The van der Waals surface area contributed by atoms with Gasteiger partial charge in [-0.15, -0.1) is 0 Å². The Bertz CT molecular complexity index is 578. The van der Waals surface area contributed by atoms with Crippen LogP contribution in [0.4, 0.5) is 0 Å².